The van der Waals surface area contributed by atoms with Crippen molar-refractivity contribution >= 4 is 11.9 Å². The van der Waals surface area contributed by atoms with Crippen LogP contribution < -0.4 is 5.32 Å². The molecular formula is C13H12N2O4. The zero-order valence-electron chi connectivity index (χ0n) is 10.00. The highest BCUT2D eigenvalue weighted by Crippen LogP contribution is 2.03. The summed E-state index contributed by atoms with van der Waals surface area (Å²) in [7, 11) is 0. The Morgan fingerprint density at radius 2 is 2.21 bits per heavy atom. The lowest BCUT2D eigenvalue weighted by molar-refractivity contribution is 0.0690. The van der Waals surface area contributed by atoms with Crippen LogP contribution in [0.15, 0.2) is 41.1 Å². The molecule has 0 saturated carbocycles. The maximum absolute atomic E-state index is 11.8. The molecule has 0 aromatic carbocycles. The Hall–Kier alpha value is -2.63. The summed E-state index contributed by atoms with van der Waals surface area (Å²) >= 11 is 0. The molecule has 1 amide bonds. The van der Waals surface area contributed by atoms with Gasteiger partial charge in [-0.3, -0.25) is 4.79 Å². The summed E-state index contributed by atoms with van der Waals surface area (Å²) in [6.45, 7) is 0.414. The van der Waals surface area contributed by atoms with Crippen LogP contribution in [0.3, 0.4) is 0 Å². The Labute approximate surface area is 109 Å². The van der Waals surface area contributed by atoms with Crippen molar-refractivity contribution in [1.29, 1.82) is 0 Å². The number of carbonyl (C=O) groups excluding carboxylic acids is 1. The highest BCUT2D eigenvalue weighted by Gasteiger charge is 2.10. The summed E-state index contributed by atoms with van der Waals surface area (Å²) in [6.07, 6.45) is 3.44. The van der Waals surface area contributed by atoms with Crippen LogP contribution in [0.4, 0.5) is 0 Å². The number of aromatic nitrogens is 1. The lowest BCUT2D eigenvalue weighted by atomic mass is 10.2. The molecule has 6 heteroatoms. The second kappa shape index (κ2) is 5.81. The third kappa shape index (κ3) is 3.41. The molecular weight excluding hydrogens is 248 g/mol. The monoisotopic (exact) mass is 260 g/mol. The Balaban J connectivity index is 1.92. The third-order valence-electron chi connectivity index (χ3n) is 2.48. The van der Waals surface area contributed by atoms with Gasteiger partial charge in [0, 0.05) is 24.7 Å². The van der Waals surface area contributed by atoms with E-state index in [9.17, 15) is 9.59 Å². The lowest BCUT2D eigenvalue weighted by Gasteiger charge is -2.04. The average Bonchev–Trinajstić information content (AvgIpc) is 2.92. The van der Waals surface area contributed by atoms with Crippen LogP contribution in [0.2, 0.25) is 0 Å². The standard InChI is InChI=1S/C13H12N2O4/c16-12(15-6-4-10-2-1-7-19-10)9-3-5-14-11(8-9)13(17)18/h1-3,5,7-8H,4,6H2,(H,15,16)(H,17,18). The molecule has 0 saturated heterocycles. The van der Waals surface area contributed by atoms with Gasteiger partial charge in [0.05, 0.1) is 6.26 Å². The number of nitrogens with zero attached hydrogens (tertiary/aromatic N) is 1. The summed E-state index contributed by atoms with van der Waals surface area (Å²) in [5.41, 5.74) is 0.116. The number of carboxylic acid groups (broad SMARTS) is 1. The minimum Gasteiger partial charge on any atom is -0.477 e. The van der Waals surface area contributed by atoms with Gasteiger partial charge in [-0.2, -0.15) is 0 Å². The van der Waals surface area contributed by atoms with Gasteiger partial charge in [-0.05, 0) is 24.3 Å². The molecule has 0 aliphatic rings. The van der Waals surface area contributed by atoms with Crippen molar-refractivity contribution in [2.24, 2.45) is 0 Å². The molecule has 19 heavy (non-hydrogen) atoms. The SMILES string of the molecule is O=C(NCCc1ccco1)c1ccnc(C(=O)O)c1. The summed E-state index contributed by atoms with van der Waals surface area (Å²) in [6, 6.07) is 6.31. The molecule has 2 rings (SSSR count). The molecule has 2 heterocycles. The lowest BCUT2D eigenvalue weighted by Crippen LogP contribution is -2.25. The van der Waals surface area contributed by atoms with E-state index in [1.165, 1.54) is 18.3 Å². The third-order valence-corrected chi connectivity index (χ3v) is 2.48. The molecule has 2 aromatic heterocycles. The maximum atomic E-state index is 11.8. The van der Waals surface area contributed by atoms with Crippen LogP contribution in [0.5, 0.6) is 0 Å². The fraction of sp³-hybridized carbons (Fsp3) is 0.154. The molecule has 0 aliphatic carbocycles. The van der Waals surface area contributed by atoms with Crippen molar-refractivity contribution in [3.8, 4) is 0 Å². The van der Waals surface area contributed by atoms with E-state index in [0.29, 0.717) is 13.0 Å². The van der Waals surface area contributed by atoms with E-state index in [4.69, 9.17) is 9.52 Å². The van der Waals surface area contributed by atoms with Crippen molar-refractivity contribution in [3.05, 3.63) is 53.7 Å². The van der Waals surface area contributed by atoms with Crippen LogP contribution in [0.1, 0.15) is 26.6 Å². The summed E-state index contributed by atoms with van der Waals surface area (Å²) < 4.78 is 5.13. The van der Waals surface area contributed by atoms with E-state index in [0.717, 1.165) is 5.76 Å². The van der Waals surface area contributed by atoms with Crippen LogP contribution in [-0.4, -0.2) is 28.5 Å². The summed E-state index contributed by atoms with van der Waals surface area (Å²) in [4.78, 5) is 26.2. The van der Waals surface area contributed by atoms with Crippen molar-refractivity contribution < 1.29 is 19.1 Å². The minimum atomic E-state index is -1.16. The number of amides is 1. The van der Waals surface area contributed by atoms with E-state index in [2.05, 4.69) is 10.3 Å². The normalized spacial score (nSPS) is 10.1. The number of carbonyl (C=O) groups is 2. The predicted molar refractivity (Wildman–Crippen MR) is 65.9 cm³/mol. The first-order valence-corrected chi connectivity index (χ1v) is 5.67. The smallest absolute Gasteiger partial charge is 0.354 e. The quantitative estimate of drug-likeness (QED) is 0.846. The first kappa shape index (κ1) is 12.8. The van der Waals surface area contributed by atoms with E-state index in [1.807, 2.05) is 6.07 Å². The molecule has 2 aromatic rings. The van der Waals surface area contributed by atoms with Crippen LogP contribution in [-0.2, 0) is 6.42 Å². The van der Waals surface area contributed by atoms with Gasteiger partial charge in [-0.25, -0.2) is 9.78 Å². The second-order valence-electron chi connectivity index (χ2n) is 3.82. The highest BCUT2D eigenvalue weighted by atomic mass is 16.4. The van der Waals surface area contributed by atoms with Crippen LogP contribution >= 0.6 is 0 Å². The minimum absolute atomic E-state index is 0.154. The van der Waals surface area contributed by atoms with Gasteiger partial charge in [-0.1, -0.05) is 0 Å². The van der Waals surface area contributed by atoms with Gasteiger partial charge in [0.1, 0.15) is 11.5 Å². The van der Waals surface area contributed by atoms with E-state index >= 15 is 0 Å². The predicted octanol–water partition coefficient (Wildman–Crippen LogP) is 1.35. The molecule has 0 radical (unpaired) electrons. The zero-order valence-corrected chi connectivity index (χ0v) is 10.00. The van der Waals surface area contributed by atoms with Crippen molar-refractivity contribution in [2.45, 2.75) is 6.42 Å². The molecule has 6 nitrogen and oxygen atoms in total. The average molecular weight is 260 g/mol. The number of furan rings is 1. The summed E-state index contributed by atoms with van der Waals surface area (Å²) in [5, 5.41) is 11.5. The van der Waals surface area contributed by atoms with Gasteiger partial charge < -0.3 is 14.8 Å². The van der Waals surface area contributed by atoms with E-state index in [1.54, 1.807) is 12.3 Å². The molecule has 0 fully saturated rings. The second-order valence-corrected chi connectivity index (χ2v) is 3.82. The Morgan fingerprint density at radius 1 is 1.37 bits per heavy atom. The molecule has 0 bridgehead atoms. The van der Waals surface area contributed by atoms with Gasteiger partial charge in [0.15, 0.2) is 0 Å². The highest BCUT2D eigenvalue weighted by molar-refractivity contribution is 5.96. The number of nitrogens with one attached hydrogen (secondary N) is 1. The maximum Gasteiger partial charge on any atom is 0.354 e. The molecule has 0 spiro atoms. The van der Waals surface area contributed by atoms with Crippen molar-refractivity contribution in [2.75, 3.05) is 6.54 Å². The van der Waals surface area contributed by atoms with Gasteiger partial charge in [0.2, 0.25) is 0 Å². The van der Waals surface area contributed by atoms with Crippen LogP contribution in [0, 0.1) is 0 Å². The van der Waals surface area contributed by atoms with Gasteiger partial charge in [0.25, 0.3) is 5.91 Å². The molecule has 2 N–H and O–H groups in total. The van der Waals surface area contributed by atoms with Gasteiger partial charge >= 0.3 is 5.97 Å². The Morgan fingerprint density at radius 3 is 2.89 bits per heavy atom. The first-order valence-electron chi connectivity index (χ1n) is 5.67. The van der Waals surface area contributed by atoms with E-state index in [-0.39, 0.29) is 17.2 Å². The number of aromatic carboxylic acids is 1. The molecule has 0 unspecified atom stereocenters. The topological polar surface area (TPSA) is 92.4 Å². The molecule has 0 atom stereocenters. The van der Waals surface area contributed by atoms with E-state index < -0.39 is 5.97 Å². The molecule has 0 aliphatic heterocycles. The number of rotatable bonds is 5. The number of pyridine rings is 1. The van der Waals surface area contributed by atoms with Crippen LogP contribution in [0.25, 0.3) is 0 Å². The van der Waals surface area contributed by atoms with Crippen molar-refractivity contribution in [1.82, 2.24) is 10.3 Å². The Kier molecular flexibility index (Phi) is 3.92. The fourth-order valence-corrected chi connectivity index (χ4v) is 1.54. The van der Waals surface area contributed by atoms with Gasteiger partial charge in [-0.15, -0.1) is 0 Å². The Bertz CT molecular complexity index is 578. The largest absolute Gasteiger partial charge is 0.477 e. The van der Waals surface area contributed by atoms with Crippen molar-refractivity contribution in [3.63, 3.8) is 0 Å². The summed E-state index contributed by atoms with van der Waals surface area (Å²) in [5.74, 6) is -0.719. The molecule has 98 valence electrons. The number of hydrogen-bond acceptors (Lipinski definition) is 4. The number of hydrogen-bond donors (Lipinski definition) is 2. The fourth-order valence-electron chi connectivity index (χ4n) is 1.54. The zero-order chi connectivity index (χ0) is 13.7. The number of carboxylic acids is 1. The first-order chi connectivity index (χ1) is 9.16.